The molecule has 1 saturated heterocycles. The topological polar surface area (TPSA) is 29.3 Å². The van der Waals surface area contributed by atoms with Crippen molar-refractivity contribution in [3.8, 4) is 0 Å². The summed E-state index contributed by atoms with van der Waals surface area (Å²) in [5, 5.41) is 0. The number of nitrogens with zero attached hydrogens (tertiary/aromatic N) is 1. The molecule has 2 rings (SSSR count). The molecule has 1 aliphatic rings. The third-order valence-corrected chi connectivity index (χ3v) is 3.88. The molecule has 1 heterocycles. The van der Waals surface area contributed by atoms with E-state index in [9.17, 15) is 0 Å². The van der Waals surface area contributed by atoms with Crippen molar-refractivity contribution in [1.82, 2.24) is 4.90 Å². The zero-order chi connectivity index (χ0) is 12.3. The van der Waals surface area contributed by atoms with E-state index in [2.05, 4.69) is 30.9 Å². The molecule has 0 atom stereocenters. The number of nitrogens with two attached hydrogens (primary N) is 1. The van der Waals surface area contributed by atoms with Crippen molar-refractivity contribution in [1.29, 1.82) is 0 Å². The van der Waals surface area contributed by atoms with Gasteiger partial charge in [-0.2, -0.15) is 0 Å². The summed E-state index contributed by atoms with van der Waals surface area (Å²) in [6.07, 6.45) is 3.94. The maximum Gasteiger partial charge on any atom is 0.0359 e. The monoisotopic (exact) mass is 232 g/mol. The molecule has 0 amide bonds. The van der Waals surface area contributed by atoms with Crippen LogP contribution in [0.3, 0.4) is 0 Å². The lowest BCUT2D eigenvalue weighted by molar-refractivity contribution is 0.256. The van der Waals surface area contributed by atoms with Gasteiger partial charge in [0.1, 0.15) is 0 Å². The average molecular weight is 232 g/mol. The lowest BCUT2D eigenvalue weighted by atomic mass is 9.85. The van der Waals surface area contributed by atoms with Crippen molar-refractivity contribution in [2.24, 2.45) is 5.41 Å². The van der Waals surface area contributed by atoms with Gasteiger partial charge in [-0.25, -0.2) is 0 Å². The van der Waals surface area contributed by atoms with Crippen molar-refractivity contribution in [2.75, 3.05) is 18.8 Å². The second kappa shape index (κ2) is 5.09. The third kappa shape index (κ3) is 3.47. The van der Waals surface area contributed by atoms with Crippen LogP contribution in [-0.2, 0) is 6.54 Å². The van der Waals surface area contributed by atoms with Crippen molar-refractivity contribution >= 4 is 5.69 Å². The van der Waals surface area contributed by atoms with Crippen molar-refractivity contribution < 1.29 is 0 Å². The summed E-state index contributed by atoms with van der Waals surface area (Å²) in [6, 6.07) is 8.22. The quantitative estimate of drug-likeness (QED) is 0.793. The Bertz CT molecular complexity index is 371. The summed E-state index contributed by atoms with van der Waals surface area (Å²) in [5.41, 5.74) is 8.71. The molecule has 1 aliphatic heterocycles. The van der Waals surface area contributed by atoms with Crippen LogP contribution in [0, 0.1) is 5.41 Å². The molecule has 0 unspecified atom stereocenters. The van der Waals surface area contributed by atoms with E-state index < -0.39 is 0 Å². The number of hydrogen-bond donors (Lipinski definition) is 1. The first-order valence-corrected chi connectivity index (χ1v) is 6.63. The molecule has 1 aromatic rings. The highest BCUT2D eigenvalue weighted by Gasteiger charge is 2.23. The largest absolute Gasteiger partial charge is 0.398 e. The summed E-state index contributed by atoms with van der Waals surface area (Å²) in [4.78, 5) is 2.54. The summed E-state index contributed by atoms with van der Waals surface area (Å²) in [5.74, 6) is 0. The predicted molar refractivity (Wildman–Crippen MR) is 73.8 cm³/mol. The second-order valence-electron chi connectivity index (χ2n) is 5.99. The van der Waals surface area contributed by atoms with E-state index in [-0.39, 0.29) is 0 Å². The van der Waals surface area contributed by atoms with Gasteiger partial charge in [0.05, 0.1) is 0 Å². The van der Waals surface area contributed by atoms with Gasteiger partial charge >= 0.3 is 0 Å². The highest BCUT2D eigenvalue weighted by Crippen LogP contribution is 2.30. The van der Waals surface area contributed by atoms with E-state index in [1.807, 2.05) is 12.1 Å². The molecular weight excluding hydrogens is 208 g/mol. The van der Waals surface area contributed by atoms with Crippen LogP contribution in [0.2, 0.25) is 0 Å². The van der Waals surface area contributed by atoms with Crippen molar-refractivity contribution in [3.05, 3.63) is 29.8 Å². The Morgan fingerprint density at radius 3 is 2.71 bits per heavy atom. The Morgan fingerprint density at radius 2 is 1.94 bits per heavy atom. The van der Waals surface area contributed by atoms with Crippen molar-refractivity contribution in [2.45, 2.75) is 39.7 Å². The molecule has 17 heavy (non-hydrogen) atoms. The molecule has 94 valence electrons. The van der Waals surface area contributed by atoms with Crippen LogP contribution >= 0.6 is 0 Å². The van der Waals surface area contributed by atoms with Crippen LogP contribution in [0.1, 0.15) is 38.7 Å². The maximum atomic E-state index is 6.00. The van der Waals surface area contributed by atoms with Gasteiger partial charge in [0.2, 0.25) is 0 Å². The number of para-hydroxylation sites is 1. The summed E-state index contributed by atoms with van der Waals surface area (Å²) in [6.45, 7) is 8.17. The average Bonchev–Trinajstić information content (AvgIpc) is 2.44. The Kier molecular flexibility index (Phi) is 3.72. The molecule has 2 nitrogen and oxygen atoms in total. The molecule has 0 bridgehead atoms. The zero-order valence-corrected chi connectivity index (χ0v) is 11.1. The van der Waals surface area contributed by atoms with Crippen molar-refractivity contribution in [3.63, 3.8) is 0 Å². The second-order valence-corrected chi connectivity index (χ2v) is 5.99. The SMILES string of the molecule is CC1(C)CCCN(Cc2ccccc2N)CC1. The zero-order valence-electron chi connectivity index (χ0n) is 11.1. The van der Waals surface area contributed by atoms with Crippen LogP contribution in [0.4, 0.5) is 5.69 Å². The summed E-state index contributed by atoms with van der Waals surface area (Å²) in [7, 11) is 0. The Hall–Kier alpha value is -1.02. The maximum absolute atomic E-state index is 6.00. The first-order valence-electron chi connectivity index (χ1n) is 6.63. The number of benzene rings is 1. The third-order valence-electron chi connectivity index (χ3n) is 3.88. The predicted octanol–water partition coefficient (Wildman–Crippen LogP) is 3.28. The Morgan fingerprint density at radius 1 is 1.18 bits per heavy atom. The Balaban J connectivity index is 1.98. The number of likely N-dealkylation sites (tertiary alicyclic amines) is 1. The summed E-state index contributed by atoms with van der Waals surface area (Å²) < 4.78 is 0. The molecule has 0 spiro atoms. The van der Waals surface area contributed by atoms with E-state index in [1.165, 1.54) is 37.9 Å². The molecule has 0 saturated carbocycles. The first-order chi connectivity index (χ1) is 8.07. The normalized spacial score (nSPS) is 21.1. The van der Waals surface area contributed by atoms with Gasteiger partial charge in [0.25, 0.3) is 0 Å². The first kappa shape index (κ1) is 12.4. The number of rotatable bonds is 2. The van der Waals surface area contributed by atoms with Gasteiger partial charge in [-0.3, -0.25) is 4.90 Å². The van der Waals surface area contributed by atoms with Gasteiger partial charge in [0.15, 0.2) is 0 Å². The van der Waals surface area contributed by atoms with Crippen LogP contribution < -0.4 is 5.73 Å². The molecule has 0 radical (unpaired) electrons. The minimum Gasteiger partial charge on any atom is -0.398 e. The highest BCUT2D eigenvalue weighted by molar-refractivity contribution is 5.46. The Labute approximate surface area is 105 Å². The van der Waals surface area contributed by atoms with Gasteiger partial charge in [-0.05, 0) is 49.4 Å². The smallest absolute Gasteiger partial charge is 0.0359 e. The summed E-state index contributed by atoms with van der Waals surface area (Å²) >= 11 is 0. The molecular formula is C15H24N2. The molecule has 2 heteroatoms. The van der Waals surface area contributed by atoms with Gasteiger partial charge in [-0.15, -0.1) is 0 Å². The van der Waals surface area contributed by atoms with E-state index in [4.69, 9.17) is 5.73 Å². The number of nitrogen functional groups attached to an aromatic ring is 1. The fraction of sp³-hybridized carbons (Fsp3) is 0.600. The fourth-order valence-corrected chi connectivity index (χ4v) is 2.56. The van der Waals surface area contributed by atoms with E-state index in [1.54, 1.807) is 0 Å². The minimum atomic E-state index is 0.511. The molecule has 2 N–H and O–H groups in total. The number of hydrogen-bond acceptors (Lipinski definition) is 2. The van der Waals surface area contributed by atoms with Crippen LogP contribution in [-0.4, -0.2) is 18.0 Å². The van der Waals surface area contributed by atoms with Gasteiger partial charge < -0.3 is 5.73 Å². The molecule has 1 aromatic carbocycles. The number of anilines is 1. The molecule has 0 aliphatic carbocycles. The van der Waals surface area contributed by atoms with Crippen LogP contribution in [0.15, 0.2) is 24.3 Å². The van der Waals surface area contributed by atoms with E-state index in [0.29, 0.717) is 5.41 Å². The van der Waals surface area contributed by atoms with Gasteiger partial charge in [-0.1, -0.05) is 32.0 Å². The van der Waals surface area contributed by atoms with E-state index >= 15 is 0 Å². The molecule has 1 fully saturated rings. The van der Waals surface area contributed by atoms with Crippen LogP contribution in [0.25, 0.3) is 0 Å². The highest BCUT2D eigenvalue weighted by atomic mass is 15.1. The van der Waals surface area contributed by atoms with Crippen LogP contribution in [0.5, 0.6) is 0 Å². The fourth-order valence-electron chi connectivity index (χ4n) is 2.56. The van der Waals surface area contributed by atoms with Gasteiger partial charge in [0, 0.05) is 12.2 Å². The standard InChI is InChI=1S/C15H24N2/c1-15(2)8-5-10-17(11-9-15)12-13-6-3-4-7-14(13)16/h3-4,6-7H,5,8-12,16H2,1-2H3. The van der Waals surface area contributed by atoms with E-state index in [0.717, 1.165) is 12.2 Å². The minimum absolute atomic E-state index is 0.511. The lowest BCUT2D eigenvalue weighted by Gasteiger charge is -2.23. The lowest BCUT2D eigenvalue weighted by Crippen LogP contribution is -2.25. The molecule has 0 aromatic heterocycles.